The van der Waals surface area contributed by atoms with Crippen LogP contribution in [0.3, 0.4) is 0 Å². The molecular weight excluding hydrogens is 303 g/mol. The molecule has 0 saturated heterocycles. The number of hydrogen-bond donors (Lipinski definition) is 0. The fraction of sp³-hybridized carbons (Fsp3) is 0.667. The average Bonchev–Trinajstić information content (AvgIpc) is 2.53. The molecule has 0 N–H and O–H groups in total. The second kappa shape index (κ2) is 16.2. The van der Waals surface area contributed by atoms with Gasteiger partial charge in [0.25, 0.3) is 0 Å². The summed E-state index contributed by atoms with van der Waals surface area (Å²) in [6.07, 6.45) is 13.0. The van der Waals surface area contributed by atoms with E-state index in [2.05, 4.69) is 6.92 Å². The predicted octanol–water partition coefficient (Wildman–Crippen LogP) is 5.27. The standard InChI is InChI=1S/C18H30O2S.Na/c1-2-3-4-5-6-7-8-9-10-14-17-20-21(19)18-15-12-11-13-16-18;/h11-13,15-16H,2-10,14,17H2,1H3;. The van der Waals surface area contributed by atoms with Gasteiger partial charge in [0.1, 0.15) is 0 Å². The summed E-state index contributed by atoms with van der Waals surface area (Å²) < 4.78 is 17.2. The molecule has 1 aromatic carbocycles. The van der Waals surface area contributed by atoms with Crippen molar-refractivity contribution in [2.24, 2.45) is 0 Å². The van der Waals surface area contributed by atoms with Crippen molar-refractivity contribution in [3.8, 4) is 0 Å². The van der Waals surface area contributed by atoms with Crippen molar-refractivity contribution >= 4 is 40.6 Å². The number of unbranched alkanes of at least 4 members (excludes halogenated alkanes) is 9. The van der Waals surface area contributed by atoms with Gasteiger partial charge in [-0.25, -0.2) is 4.21 Å². The minimum absolute atomic E-state index is 0. The Labute approximate surface area is 161 Å². The summed E-state index contributed by atoms with van der Waals surface area (Å²) in [5.41, 5.74) is 0. The molecule has 1 rings (SSSR count). The van der Waals surface area contributed by atoms with E-state index in [1.807, 2.05) is 30.3 Å². The van der Waals surface area contributed by atoms with Gasteiger partial charge in [0.2, 0.25) is 0 Å². The maximum Gasteiger partial charge on any atom is 0.189 e. The fourth-order valence-corrected chi connectivity index (χ4v) is 3.11. The van der Waals surface area contributed by atoms with Gasteiger partial charge < -0.3 is 0 Å². The van der Waals surface area contributed by atoms with E-state index in [9.17, 15) is 4.21 Å². The van der Waals surface area contributed by atoms with Crippen LogP contribution in [0.1, 0.15) is 71.1 Å². The van der Waals surface area contributed by atoms with Crippen molar-refractivity contribution in [3.63, 3.8) is 0 Å². The van der Waals surface area contributed by atoms with Crippen LogP contribution in [0.15, 0.2) is 35.2 Å². The normalized spacial score (nSPS) is 11.9. The summed E-state index contributed by atoms with van der Waals surface area (Å²) in [5.74, 6) is 0. The first-order chi connectivity index (χ1) is 10.3. The molecule has 1 atom stereocenters. The van der Waals surface area contributed by atoms with Crippen LogP contribution >= 0.6 is 0 Å². The molecule has 0 aromatic heterocycles. The van der Waals surface area contributed by atoms with Crippen molar-refractivity contribution in [2.75, 3.05) is 6.61 Å². The summed E-state index contributed by atoms with van der Waals surface area (Å²) >= 11 is -1.30. The number of benzene rings is 1. The maximum atomic E-state index is 11.8. The second-order valence-corrected chi connectivity index (χ2v) is 6.73. The third kappa shape index (κ3) is 11.8. The molecule has 2 nitrogen and oxygen atoms in total. The van der Waals surface area contributed by atoms with Crippen molar-refractivity contribution in [1.82, 2.24) is 0 Å². The van der Waals surface area contributed by atoms with Crippen LogP contribution in [-0.4, -0.2) is 40.4 Å². The smallest absolute Gasteiger partial charge is 0.189 e. The molecule has 121 valence electrons. The van der Waals surface area contributed by atoms with Gasteiger partial charge in [-0.1, -0.05) is 82.9 Å². The van der Waals surface area contributed by atoms with Crippen molar-refractivity contribution in [1.29, 1.82) is 0 Å². The van der Waals surface area contributed by atoms with E-state index in [-0.39, 0.29) is 29.6 Å². The topological polar surface area (TPSA) is 26.3 Å². The number of rotatable bonds is 13. The summed E-state index contributed by atoms with van der Waals surface area (Å²) in [5, 5.41) is 0. The average molecular weight is 333 g/mol. The van der Waals surface area contributed by atoms with Gasteiger partial charge in [0.05, 0.1) is 11.5 Å². The Bertz CT molecular complexity index is 371. The number of hydrogen-bond acceptors (Lipinski definition) is 2. The first-order valence-electron chi connectivity index (χ1n) is 8.44. The Morgan fingerprint density at radius 1 is 0.818 bits per heavy atom. The molecule has 0 amide bonds. The summed E-state index contributed by atoms with van der Waals surface area (Å²) in [4.78, 5) is 0.754. The summed E-state index contributed by atoms with van der Waals surface area (Å²) in [7, 11) is 0. The van der Waals surface area contributed by atoms with Gasteiger partial charge >= 0.3 is 0 Å². The van der Waals surface area contributed by atoms with Crippen LogP contribution in [0.25, 0.3) is 0 Å². The predicted molar refractivity (Wildman–Crippen MR) is 96.4 cm³/mol. The molecule has 0 saturated carbocycles. The molecule has 0 fully saturated rings. The van der Waals surface area contributed by atoms with E-state index >= 15 is 0 Å². The zero-order chi connectivity index (χ0) is 15.2. The van der Waals surface area contributed by atoms with E-state index in [0.717, 1.165) is 11.3 Å². The minimum Gasteiger partial charge on any atom is -0.287 e. The summed E-state index contributed by atoms with van der Waals surface area (Å²) in [6.45, 7) is 2.85. The molecule has 0 aliphatic rings. The van der Waals surface area contributed by atoms with Gasteiger partial charge in [-0.3, -0.25) is 4.18 Å². The minimum atomic E-state index is -1.30. The van der Waals surface area contributed by atoms with Crippen LogP contribution in [0.5, 0.6) is 0 Å². The van der Waals surface area contributed by atoms with Crippen LogP contribution in [0.4, 0.5) is 0 Å². The van der Waals surface area contributed by atoms with Crippen molar-refractivity contribution in [3.05, 3.63) is 30.3 Å². The molecular formula is C18H30NaO2S. The Hall–Kier alpha value is 0.330. The van der Waals surface area contributed by atoms with Crippen LogP contribution in [-0.2, 0) is 15.3 Å². The third-order valence-electron chi connectivity index (χ3n) is 3.62. The zero-order valence-electron chi connectivity index (χ0n) is 14.4. The molecule has 0 spiro atoms. The molecule has 1 radical (unpaired) electrons. The van der Waals surface area contributed by atoms with Crippen molar-refractivity contribution in [2.45, 2.75) is 76.0 Å². The monoisotopic (exact) mass is 333 g/mol. The zero-order valence-corrected chi connectivity index (χ0v) is 17.2. The molecule has 0 heterocycles. The van der Waals surface area contributed by atoms with Gasteiger partial charge in [-0.15, -0.1) is 0 Å². The quantitative estimate of drug-likeness (QED) is 0.363. The van der Waals surface area contributed by atoms with Crippen molar-refractivity contribution < 1.29 is 8.39 Å². The SMILES string of the molecule is CCCCCCCCCCCCOS(=O)c1ccccc1.[Na]. The van der Waals surface area contributed by atoms with Gasteiger partial charge in [-0.2, -0.15) is 0 Å². The summed E-state index contributed by atoms with van der Waals surface area (Å²) in [6, 6.07) is 9.38. The first kappa shape index (κ1) is 22.3. The van der Waals surface area contributed by atoms with Crippen LogP contribution in [0.2, 0.25) is 0 Å². The molecule has 0 bridgehead atoms. The largest absolute Gasteiger partial charge is 0.287 e. The molecule has 22 heavy (non-hydrogen) atoms. The van der Waals surface area contributed by atoms with E-state index in [0.29, 0.717) is 6.61 Å². The Morgan fingerprint density at radius 3 is 1.86 bits per heavy atom. The Kier molecular flexibility index (Phi) is 16.4. The molecule has 0 aliphatic heterocycles. The van der Waals surface area contributed by atoms with E-state index in [4.69, 9.17) is 4.18 Å². The van der Waals surface area contributed by atoms with Gasteiger partial charge in [0, 0.05) is 29.6 Å². The van der Waals surface area contributed by atoms with Crippen LogP contribution in [0, 0.1) is 0 Å². The molecule has 0 aliphatic carbocycles. The maximum absolute atomic E-state index is 11.8. The van der Waals surface area contributed by atoms with E-state index < -0.39 is 11.1 Å². The second-order valence-electron chi connectivity index (χ2n) is 5.55. The molecule has 1 unspecified atom stereocenters. The first-order valence-corrected chi connectivity index (χ1v) is 9.52. The van der Waals surface area contributed by atoms with E-state index in [1.165, 1.54) is 57.8 Å². The Morgan fingerprint density at radius 2 is 1.32 bits per heavy atom. The molecule has 4 heteroatoms. The van der Waals surface area contributed by atoms with Gasteiger partial charge in [0.15, 0.2) is 11.1 Å². The fourth-order valence-electron chi connectivity index (χ4n) is 2.32. The molecule has 1 aromatic rings. The Balaban J connectivity index is 0.00000441. The van der Waals surface area contributed by atoms with E-state index in [1.54, 1.807) is 0 Å². The third-order valence-corrected chi connectivity index (χ3v) is 4.66. The van der Waals surface area contributed by atoms with Crippen LogP contribution < -0.4 is 0 Å². The van der Waals surface area contributed by atoms with Gasteiger partial charge in [-0.05, 0) is 18.6 Å².